The third-order valence-corrected chi connectivity index (χ3v) is 3.56. The van der Waals surface area contributed by atoms with Crippen molar-refractivity contribution in [2.75, 3.05) is 6.61 Å². The van der Waals surface area contributed by atoms with E-state index in [4.69, 9.17) is 11.6 Å². The van der Waals surface area contributed by atoms with Gasteiger partial charge < -0.3 is 10.4 Å². The Morgan fingerprint density at radius 3 is 2.57 bits per heavy atom. The van der Waals surface area contributed by atoms with Crippen LogP contribution < -0.4 is 5.32 Å². The van der Waals surface area contributed by atoms with E-state index in [0.717, 1.165) is 11.6 Å². The van der Waals surface area contributed by atoms with Crippen molar-refractivity contribution in [2.24, 2.45) is 0 Å². The number of aliphatic hydroxyl groups excluding tert-OH is 1. The second-order valence-corrected chi connectivity index (χ2v) is 5.30. The molecule has 1 amide bonds. The number of nitrogens with zero attached hydrogens (tertiary/aromatic N) is 1. The number of nitrogens with one attached hydrogen (secondary N) is 1. The molecule has 1 atom stereocenters. The lowest BCUT2D eigenvalue weighted by molar-refractivity contribution is -0.385. The van der Waals surface area contributed by atoms with Crippen molar-refractivity contribution in [3.8, 4) is 0 Å². The number of halogens is 1. The number of carbonyl (C=O) groups excluding carboxylic acids is 1. The Bertz CT molecular complexity index is 706. The predicted octanol–water partition coefficient (Wildman–Crippen LogP) is 3.10. The first-order valence-electron chi connectivity index (χ1n) is 6.93. The summed E-state index contributed by atoms with van der Waals surface area (Å²) in [5.41, 5.74) is 0.385. The molecule has 0 fully saturated rings. The van der Waals surface area contributed by atoms with Crippen LogP contribution in [0.2, 0.25) is 5.02 Å². The first kappa shape index (κ1) is 16.9. The molecule has 120 valence electrons. The quantitative estimate of drug-likeness (QED) is 0.627. The van der Waals surface area contributed by atoms with E-state index in [1.807, 2.05) is 30.3 Å². The number of carbonyl (C=O) groups is 1. The summed E-state index contributed by atoms with van der Waals surface area (Å²) >= 11 is 5.75. The van der Waals surface area contributed by atoms with Gasteiger partial charge in [0.25, 0.3) is 11.6 Å². The van der Waals surface area contributed by atoms with E-state index in [9.17, 15) is 20.0 Å². The maximum Gasteiger partial charge on any atom is 0.283 e. The fraction of sp³-hybridized carbons (Fsp3) is 0.188. The summed E-state index contributed by atoms with van der Waals surface area (Å²) in [6.45, 7) is -0.122. The zero-order valence-electron chi connectivity index (χ0n) is 12.1. The molecule has 0 saturated heterocycles. The van der Waals surface area contributed by atoms with Gasteiger partial charge in [0, 0.05) is 17.7 Å². The minimum absolute atomic E-state index is 0.0710. The molecule has 2 aromatic carbocycles. The minimum atomic E-state index is -0.648. The Morgan fingerprint density at radius 2 is 1.96 bits per heavy atom. The van der Waals surface area contributed by atoms with Crippen molar-refractivity contribution in [1.29, 1.82) is 0 Å². The third kappa shape index (κ3) is 4.28. The number of hydrogen-bond acceptors (Lipinski definition) is 4. The Morgan fingerprint density at radius 1 is 1.26 bits per heavy atom. The number of nitro groups is 1. The van der Waals surface area contributed by atoms with Gasteiger partial charge in [-0.05, 0) is 24.1 Å². The number of aliphatic hydroxyl groups is 1. The number of hydrogen-bond donors (Lipinski definition) is 2. The second-order valence-electron chi connectivity index (χ2n) is 4.87. The van der Waals surface area contributed by atoms with E-state index in [1.165, 1.54) is 12.1 Å². The summed E-state index contributed by atoms with van der Waals surface area (Å²) in [7, 11) is 0. The summed E-state index contributed by atoms with van der Waals surface area (Å²) in [5.74, 6) is -0.587. The van der Waals surface area contributed by atoms with Crippen LogP contribution in [-0.4, -0.2) is 22.5 Å². The second kappa shape index (κ2) is 7.71. The van der Waals surface area contributed by atoms with E-state index in [-0.39, 0.29) is 22.9 Å². The molecule has 6 nitrogen and oxygen atoms in total. The number of rotatable bonds is 6. The molecule has 2 N–H and O–H groups in total. The van der Waals surface area contributed by atoms with Crippen LogP contribution in [0.3, 0.4) is 0 Å². The monoisotopic (exact) mass is 334 g/mol. The highest BCUT2D eigenvalue weighted by molar-refractivity contribution is 6.31. The van der Waals surface area contributed by atoms with E-state index in [0.29, 0.717) is 6.42 Å². The van der Waals surface area contributed by atoms with Crippen molar-refractivity contribution in [3.63, 3.8) is 0 Å². The van der Waals surface area contributed by atoms with Gasteiger partial charge in [-0.1, -0.05) is 41.9 Å². The third-order valence-electron chi connectivity index (χ3n) is 3.33. The molecule has 0 aromatic heterocycles. The van der Waals surface area contributed by atoms with Gasteiger partial charge in [-0.3, -0.25) is 14.9 Å². The number of benzene rings is 2. The van der Waals surface area contributed by atoms with Crippen LogP contribution in [0.4, 0.5) is 5.69 Å². The average molecular weight is 335 g/mol. The zero-order chi connectivity index (χ0) is 16.8. The lowest BCUT2D eigenvalue weighted by Gasteiger charge is -2.18. The van der Waals surface area contributed by atoms with E-state index >= 15 is 0 Å². The number of amides is 1. The Kier molecular flexibility index (Phi) is 5.67. The molecule has 0 spiro atoms. The molecule has 23 heavy (non-hydrogen) atoms. The molecule has 0 bridgehead atoms. The molecule has 1 unspecified atom stereocenters. The fourth-order valence-electron chi connectivity index (χ4n) is 2.22. The van der Waals surface area contributed by atoms with Gasteiger partial charge in [0.05, 0.1) is 11.0 Å². The van der Waals surface area contributed by atoms with Crippen LogP contribution in [0.1, 0.15) is 28.4 Å². The molecular formula is C16H15ClN2O4. The Hall–Kier alpha value is -2.44. The molecule has 0 aliphatic heterocycles. The van der Waals surface area contributed by atoms with Gasteiger partial charge in [0.2, 0.25) is 0 Å². The van der Waals surface area contributed by atoms with Gasteiger partial charge in [0.1, 0.15) is 5.56 Å². The van der Waals surface area contributed by atoms with Crippen molar-refractivity contribution in [3.05, 3.63) is 74.8 Å². The van der Waals surface area contributed by atoms with Crippen molar-refractivity contribution < 1.29 is 14.8 Å². The van der Waals surface area contributed by atoms with E-state index in [2.05, 4.69) is 5.32 Å². The molecule has 2 rings (SSSR count). The van der Waals surface area contributed by atoms with Crippen LogP contribution in [-0.2, 0) is 0 Å². The SMILES string of the molecule is O=C(NC(CCO)c1ccccc1)c1ccc(Cl)cc1[N+](=O)[O-]. The maximum absolute atomic E-state index is 12.4. The Labute approximate surface area is 137 Å². The molecular weight excluding hydrogens is 320 g/mol. The topological polar surface area (TPSA) is 92.5 Å². The zero-order valence-corrected chi connectivity index (χ0v) is 12.9. The van der Waals surface area contributed by atoms with Crippen LogP contribution in [0.15, 0.2) is 48.5 Å². The highest BCUT2D eigenvalue weighted by Crippen LogP contribution is 2.24. The van der Waals surface area contributed by atoms with Crippen molar-refractivity contribution in [1.82, 2.24) is 5.32 Å². The van der Waals surface area contributed by atoms with Gasteiger partial charge in [-0.15, -0.1) is 0 Å². The highest BCUT2D eigenvalue weighted by atomic mass is 35.5. The average Bonchev–Trinajstić information content (AvgIpc) is 2.55. The fourth-order valence-corrected chi connectivity index (χ4v) is 2.39. The van der Waals surface area contributed by atoms with Gasteiger partial charge >= 0.3 is 0 Å². The van der Waals surface area contributed by atoms with E-state index < -0.39 is 16.9 Å². The molecule has 7 heteroatoms. The Balaban J connectivity index is 2.28. The molecule has 0 heterocycles. The smallest absolute Gasteiger partial charge is 0.283 e. The lowest BCUT2D eigenvalue weighted by atomic mass is 10.0. The molecule has 2 aromatic rings. The van der Waals surface area contributed by atoms with Crippen LogP contribution in [0.25, 0.3) is 0 Å². The normalized spacial score (nSPS) is 11.7. The summed E-state index contributed by atoms with van der Waals surface area (Å²) in [6, 6.07) is 12.5. The van der Waals surface area contributed by atoms with Gasteiger partial charge in [-0.25, -0.2) is 0 Å². The van der Waals surface area contributed by atoms with Crippen LogP contribution in [0.5, 0.6) is 0 Å². The molecule has 0 aliphatic carbocycles. The predicted molar refractivity (Wildman–Crippen MR) is 86.5 cm³/mol. The first-order valence-corrected chi connectivity index (χ1v) is 7.31. The van der Waals surface area contributed by atoms with Crippen LogP contribution >= 0.6 is 11.6 Å². The summed E-state index contributed by atoms with van der Waals surface area (Å²) in [4.78, 5) is 22.8. The lowest BCUT2D eigenvalue weighted by Crippen LogP contribution is -2.29. The summed E-state index contributed by atoms with van der Waals surface area (Å²) < 4.78 is 0. The summed E-state index contributed by atoms with van der Waals surface area (Å²) in [5, 5.41) is 23.2. The van der Waals surface area contributed by atoms with Gasteiger partial charge in [-0.2, -0.15) is 0 Å². The van der Waals surface area contributed by atoms with Crippen LogP contribution in [0, 0.1) is 10.1 Å². The van der Waals surface area contributed by atoms with Gasteiger partial charge in [0.15, 0.2) is 0 Å². The van der Waals surface area contributed by atoms with Crippen molar-refractivity contribution in [2.45, 2.75) is 12.5 Å². The number of nitro benzene ring substituents is 1. The van der Waals surface area contributed by atoms with E-state index in [1.54, 1.807) is 0 Å². The first-order chi connectivity index (χ1) is 11.0. The largest absolute Gasteiger partial charge is 0.396 e. The summed E-state index contributed by atoms with van der Waals surface area (Å²) in [6.07, 6.45) is 0.303. The molecule has 0 radical (unpaired) electrons. The highest BCUT2D eigenvalue weighted by Gasteiger charge is 2.23. The maximum atomic E-state index is 12.4. The minimum Gasteiger partial charge on any atom is -0.396 e. The standard InChI is InChI=1S/C16H15ClN2O4/c17-12-6-7-13(15(10-12)19(22)23)16(21)18-14(8-9-20)11-4-2-1-3-5-11/h1-7,10,14,20H,8-9H2,(H,18,21). The molecule has 0 aliphatic rings. The van der Waals surface area contributed by atoms with Crippen molar-refractivity contribution >= 4 is 23.2 Å². The molecule has 0 saturated carbocycles.